The van der Waals surface area contributed by atoms with Gasteiger partial charge in [-0.15, -0.1) is 0 Å². The number of rotatable bonds is 5. The van der Waals surface area contributed by atoms with Crippen LogP contribution in [0, 0.1) is 0 Å². The summed E-state index contributed by atoms with van der Waals surface area (Å²) in [5.74, 6) is -0.782. The van der Waals surface area contributed by atoms with E-state index in [9.17, 15) is 14.4 Å². The van der Waals surface area contributed by atoms with Gasteiger partial charge < -0.3 is 10.2 Å². The quantitative estimate of drug-likeness (QED) is 0.690. The molecule has 178 valence electrons. The van der Waals surface area contributed by atoms with Crippen molar-refractivity contribution in [3.05, 3.63) is 64.7 Å². The van der Waals surface area contributed by atoms with Crippen LogP contribution in [0.5, 0.6) is 0 Å². The topological polar surface area (TPSA) is 73.0 Å². The van der Waals surface area contributed by atoms with E-state index in [1.165, 1.54) is 10.5 Å². The maximum absolute atomic E-state index is 13.0. The van der Waals surface area contributed by atoms with Crippen molar-refractivity contribution >= 4 is 23.4 Å². The SMILES string of the molecule is CN1CCN(Cc2ccc(NC(=O)c3ccc4c(c3)C(=O)N(C3CCCCC3)C4=O)cc2)CC1. The predicted molar refractivity (Wildman–Crippen MR) is 131 cm³/mol. The summed E-state index contributed by atoms with van der Waals surface area (Å²) >= 11 is 0. The second-order valence-corrected chi connectivity index (χ2v) is 9.76. The molecule has 7 nitrogen and oxygen atoms in total. The summed E-state index contributed by atoms with van der Waals surface area (Å²) in [6, 6.07) is 12.7. The third-order valence-electron chi connectivity index (χ3n) is 7.33. The lowest BCUT2D eigenvalue weighted by Crippen LogP contribution is -2.43. The lowest BCUT2D eigenvalue weighted by Gasteiger charge is -2.32. The van der Waals surface area contributed by atoms with E-state index in [1.807, 2.05) is 24.3 Å². The molecule has 1 aliphatic carbocycles. The molecule has 0 radical (unpaired) electrons. The molecule has 3 aliphatic rings. The van der Waals surface area contributed by atoms with Gasteiger partial charge in [0.25, 0.3) is 17.7 Å². The van der Waals surface area contributed by atoms with E-state index in [0.717, 1.165) is 64.8 Å². The Morgan fingerprint density at radius 1 is 0.882 bits per heavy atom. The molecule has 0 bridgehead atoms. The Labute approximate surface area is 200 Å². The van der Waals surface area contributed by atoms with Gasteiger partial charge in [0, 0.05) is 50.0 Å². The average molecular weight is 461 g/mol. The van der Waals surface area contributed by atoms with Gasteiger partial charge >= 0.3 is 0 Å². The van der Waals surface area contributed by atoms with Crippen LogP contribution >= 0.6 is 0 Å². The highest BCUT2D eigenvalue weighted by Crippen LogP contribution is 2.31. The molecule has 0 unspecified atom stereocenters. The van der Waals surface area contributed by atoms with Crippen molar-refractivity contribution in [1.29, 1.82) is 0 Å². The molecule has 0 atom stereocenters. The van der Waals surface area contributed by atoms with Crippen LogP contribution in [0.2, 0.25) is 0 Å². The van der Waals surface area contributed by atoms with Crippen LogP contribution in [-0.2, 0) is 6.54 Å². The third kappa shape index (κ3) is 4.63. The highest BCUT2D eigenvalue weighted by Gasteiger charge is 2.40. The molecule has 1 saturated heterocycles. The normalized spacial score (nSPS) is 20.0. The van der Waals surface area contributed by atoms with Crippen LogP contribution in [0.15, 0.2) is 42.5 Å². The second kappa shape index (κ2) is 9.68. The first-order chi connectivity index (χ1) is 16.5. The van der Waals surface area contributed by atoms with E-state index in [-0.39, 0.29) is 23.8 Å². The number of anilines is 1. The van der Waals surface area contributed by atoms with Crippen molar-refractivity contribution in [2.75, 3.05) is 38.5 Å². The van der Waals surface area contributed by atoms with Crippen LogP contribution in [0.25, 0.3) is 0 Å². The van der Waals surface area contributed by atoms with Gasteiger partial charge in [-0.25, -0.2) is 0 Å². The van der Waals surface area contributed by atoms with Gasteiger partial charge in [0.15, 0.2) is 0 Å². The zero-order chi connectivity index (χ0) is 23.7. The molecule has 34 heavy (non-hydrogen) atoms. The number of carbonyl (C=O) groups is 3. The monoisotopic (exact) mass is 460 g/mol. The lowest BCUT2D eigenvalue weighted by molar-refractivity contribution is 0.0549. The molecule has 2 heterocycles. The fourth-order valence-corrected chi connectivity index (χ4v) is 5.23. The van der Waals surface area contributed by atoms with Crippen LogP contribution in [0.3, 0.4) is 0 Å². The summed E-state index contributed by atoms with van der Waals surface area (Å²) in [5.41, 5.74) is 3.05. The lowest BCUT2D eigenvalue weighted by atomic mass is 9.94. The summed E-state index contributed by atoms with van der Waals surface area (Å²) in [7, 11) is 2.15. The number of benzene rings is 2. The molecule has 0 aromatic heterocycles. The molecular weight excluding hydrogens is 428 g/mol. The molecular formula is C27H32N4O3. The Morgan fingerprint density at radius 2 is 1.56 bits per heavy atom. The van der Waals surface area contributed by atoms with Gasteiger partial charge in [0.05, 0.1) is 11.1 Å². The van der Waals surface area contributed by atoms with Crippen LogP contribution in [0.1, 0.15) is 68.7 Å². The summed E-state index contributed by atoms with van der Waals surface area (Å²) in [6.07, 6.45) is 4.97. The largest absolute Gasteiger partial charge is 0.322 e. The third-order valence-corrected chi connectivity index (χ3v) is 7.33. The van der Waals surface area contributed by atoms with Crippen LogP contribution in [0.4, 0.5) is 5.69 Å². The Morgan fingerprint density at radius 3 is 2.26 bits per heavy atom. The Balaban J connectivity index is 1.23. The standard InChI is InChI=1S/C27H32N4O3/c1-29-13-15-30(16-14-29)18-19-7-10-21(11-8-19)28-25(32)20-9-12-23-24(17-20)27(34)31(26(23)33)22-5-3-2-4-6-22/h7-12,17,22H,2-6,13-16,18H2,1H3,(H,28,32). The minimum atomic E-state index is -0.286. The van der Waals surface area contributed by atoms with E-state index in [2.05, 4.69) is 22.2 Å². The molecule has 2 aromatic carbocycles. The molecule has 1 N–H and O–H groups in total. The summed E-state index contributed by atoms with van der Waals surface area (Å²) in [5, 5.41) is 2.92. The van der Waals surface area contributed by atoms with Crippen molar-refractivity contribution in [3.63, 3.8) is 0 Å². The van der Waals surface area contributed by atoms with E-state index in [4.69, 9.17) is 0 Å². The van der Waals surface area contributed by atoms with Crippen molar-refractivity contribution < 1.29 is 14.4 Å². The Hall–Kier alpha value is -3.03. The number of hydrogen-bond donors (Lipinski definition) is 1. The maximum Gasteiger partial charge on any atom is 0.261 e. The number of amides is 3. The summed E-state index contributed by atoms with van der Waals surface area (Å²) in [6.45, 7) is 5.20. The Bertz CT molecular complexity index is 1080. The molecule has 5 rings (SSSR count). The number of carbonyl (C=O) groups excluding carboxylic acids is 3. The minimum Gasteiger partial charge on any atom is -0.322 e. The van der Waals surface area contributed by atoms with Gasteiger partial charge in [-0.3, -0.25) is 24.2 Å². The highest BCUT2D eigenvalue weighted by molar-refractivity contribution is 6.22. The van der Waals surface area contributed by atoms with E-state index < -0.39 is 0 Å². The van der Waals surface area contributed by atoms with E-state index in [1.54, 1.807) is 18.2 Å². The van der Waals surface area contributed by atoms with Gasteiger partial charge in [-0.1, -0.05) is 31.4 Å². The number of likely N-dealkylation sites (N-methyl/N-ethyl adjacent to an activating group) is 1. The highest BCUT2D eigenvalue weighted by atomic mass is 16.2. The number of nitrogens with zero attached hydrogens (tertiary/aromatic N) is 3. The number of hydrogen-bond acceptors (Lipinski definition) is 5. The second-order valence-electron chi connectivity index (χ2n) is 9.76. The molecule has 3 amide bonds. The fourth-order valence-electron chi connectivity index (χ4n) is 5.23. The summed E-state index contributed by atoms with van der Waals surface area (Å²) in [4.78, 5) is 45.0. The molecule has 7 heteroatoms. The van der Waals surface area contributed by atoms with Gasteiger partial charge in [0.2, 0.25) is 0 Å². The van der Waals surface area contributed by atoms with E-state index >= 15 is 0 Å². The summed E-state index contributed by atoms with van der Waals surface area (Å²) < 4.78 is 0. The van der Waals surface area contributed by atoms with Crippen molar-refractivity contribution in [2.24, 2.45) is 0 Å². The molecule has 0 spiro atoms. The zero-order valence-corrected chi connectivity index (χ0v) is 19.8. The minimum absolute atomic E-state index is 0.0252. The maximum atomic E-state index is 13.0. The fraction of sp³-hybridized carbons (Fsp3) is 0.444. The van der Waals surface area contributed by atoms with Crippen molar-refractivity contribution in [1.82, 2.24) is 14.7 Å². The predicted octanol–water partition coefficient (Wildman–Crippen LogP) is 3.62. The zero-order valence-electron chi connectivity index (χ0n) is 19.8. The number of piperazine rings is 1. The van der Waals surface area contributed by atoms with Crippen LogP contribution < -0.4 is 5.32 Å². The first-order valence-electron chi connectivity index (χ1n) is 12.3. The van der Waals surface area contributed by atoms with Crippen LogP contribution in [-0.4, -0.2) is 71.7 Å². The van der Waals surface area contributed by atoms with Gasteiger partial charge in [-0.2, -0.15) is 0 Å². The average Bonchev–Trinajstić information content (AvgIpc) is 3.11. The van der Waals surface area contributed by atoms with E-state index in [0.29, 0.717) is 22.4 Å². The molecule has 1 saturated carbocycles. The first-order valence-corrected chi connectivity index (χ1v) is 12.3. The number of fused-ring (bicyclic) bond motifs is 1. The van der Waals surface area contributed by atoms with Crippen molar-refractivity contribution in [3.8, 4) is 0 Å². The van der Waals surface area contributed by atoms with Gasteiger partial charge in [0.1, 0.15) is 0 Å². The first kappa shape index (κ1) is 22.7. The molecule has 2 fully saturated rings. The molecule has 2 aliphatic heterocycles. The molecule has 2 aromatic rings. The Kier molecular flexibility index (Phi) is 6.48. The number of nitrogens with one attached hydrogen (secondary N) is 1. The smallest absolute Gasteiger partial charge is 0.261 e. The van der Waals surface area contributed by atoms with Crippen molar-refractivity contribution in [2.45, 2.75) is 44.7 Å². The van der Waals surface area contributed by atoms with Gasteiger partial charge in [-0.05, 0) is 55.8 Å². The number of imide groups is 1.